The minimum Gasteiger partial charge on any atom is -0.269 e. The van der Waals surface area contributed by atoms with Crippen molar-refractivity contribution in [3.05, 3.63) is 65.2 Å². The molecule has 3 rings (SSSR count). The molecule has 5 nitrogen and oxygen atoms in total. The average Bonchev–Trinajstić information content (AvgIpc) is 2.80. The summed E-state index contributed by atoms with van der Waals surface area (Å²) in [4.78, 5) is 13.1. The molecule has 1 radical (unpaired) electrons. The van der Waals surface area contributed by atoms with Gasteiger partial charge in [0.25, 0.3) is 5.91 Å². The fourth-order valence-corrected chi connectivity index (χ4v) is 3.02. The van der Waals surface area contributed by atoms with Crippen LogP contribution in [-0.4, -0.2) is 11.6 Å². The van der Waals surface area contributed by atoms with E-state index >= 15 is 0 Å². The van der Waals surface area contributed by atoms with E-state index in [1.807, 2.05) is 50.2 Å². The Hall–Kier alpha value is -2.82. The zero-order chi connectivity index (χ0) is 16.6. The number of hydrogen-bond acceptors (Lipinski definition) is 3. The van der Waals surface area contributed by atoms with Crippen molar-refractivity contribution in [2.24, 2.45) is 10.2 Å². The Kier molecular flexibility index (Phi) is 3.56. The molecule has 1 aliphatic rings. The van der Waals surface area contributed by atoms with E-state index in [4.69, 9.17) is 0 Å². The maximum atomic E-state index is 13.1. The minimum absolute atomic E-state index is 0.379. The summed E-state index contributed by atoms with van der Waals surface area (Å²) in [6, 6.07) is 14.8. The molecular formula is C18H17N4O. The molecule has 0 saturated carbocycles. The van der Waals surface area contributed by atoms with Gasteiger partial charge in [0, 0.05) is 0 Å². The van der Waals surface area contributed by atoms with Crippen molar-refractivity contribution in [1.82, 2.24) is 5.53 Å². The number of hydrogen-bond donors (Lipinski definition) is 0. The van der Waals surface area contributed by atoms with Crippen LogP contribution in [0.2, 0.25) is 0 Å². The van der Waals surface area contributed by atoms with Crippen molar-refractivity contribution < 1.29 is 4.79 Å². The molecule has 23 heavy (non-hydrogen) atoms. The Balaban J connectivity index is 2.15. The van der Waals surface area contributed by atoms with Crippen LogP contribution in [-0.2, 0) is 10.3 Å². The van der Waals surface area contributed by atoms with Gasteiger partial charge in [0.2, 0.25) is 5.54 Å². The molecule has 2 aromatic carbocycles. The molecular weight excluding hydrogens is 288 g/mol. The van der Waals surface area contributed by atoms with Gasteiger partial charge in [0.15, 0.2) is 0 Å². The third kappa shape index (κ3) is 2.16. The summed E-state index contributed by atoms with van der Waals surface area (Å²) in [5.74, 6) is -0.379. The molecule has 0 saturated heterocycles. The first-order chi connectivity index (χ1) is 11.0. The lowest BCUT2D eigenvalue weighted by Gasteiger charge is -2.24. The first-order valence-corrected chi connectivity index (χ1v) is 7.40. The van der Waals surface area contributed by atoms with E-state index < -0.39 is 5.54 Å². The van der Waals surface area contributed by atoms with Gasteiger partial charge in [-0.15, -0.1) is 5.11 Å². The Morgan fingerprint density at radius 2 is 1.78 bits per heavy atom. The van der Waals surface area contributed by atoms with Gasteiger partial charge in [-0.3, -0.25) is 4.79 Å². The third-order valence-electron chi connectivity index (χ3n) is 4.20. The first-order valence-electron chi connectivity index (χ1n) is 7.40. The van der Waals surface area contributed by atoms with Gasteiger partial charge in [-0.05, 0) is 49.6 Å². The smallest absolute Gasteiger partial charge is 0.269 e. The second-order valence-corrected chi connectivity index (χ2v) is 5.77. The highest BCUT2D eigenvalue weighted by molar-refractivity contribution is 6.22. The number of hydrazone groups is 1. The summed E-state index contributed by atoms with van der Waals surface area (Å²) >= 11 is 0. The van der Waals surface area contributed by atoms with Crippen LogP contribution in [0.5, 0.6) is 0 Å². The van der Waals surface area contributed by atoms with Crippen LogP contribution in [0.15, 0.2) is 58.7 Å². The minimum atomic E-state index is -1.48. The molecule has 115 valence electrons. The Morgan fingerprint density at radius 1 is 1.09 bits per heavy atom. The van der Waals surface area contributed by atoms with Crippen molar-refractivity contribution in [2.45, 2.75) is 26.3 Å². The molecule has 0 aromatic heterocycles. The van der Waals surface area contributed by atoms with E-state index in [0.717, 1.165) is 11.1 Å². The molecule has 0 N–H and O–H groups in total. The predicted octanol–water partition coefficient (Wildman–Crippen LogP) is 3.17. The van der Waals surface area contributed by atoms with Gasteiger partial charge in [-0.25, -0.2) is 0 Å². The number of aryl methyl sites for hydroxylation is 2. The van der Waals surface area contributed by atoms with Crippen molar-refractivity contribution in [3.8, 4) is 0 Å². The zero-order valence-electron chi connectivity index (χ0n) is 13.3. The molecule has 1 atom stereocenters. The zero-order valence-corrected chi connectivity index (χ0v) is 13.3. The number of anilines is 1. The topological polar surface area (TPSA) is 67.3 Å². The van der Waals surface area contributed by atoms with Crippen LogP contribution in [0.1, 0.15) is 23.6 Å². The van der Waals surface area contributed by atoms with Gasteiger partial charge in [0.05, 0.1) is 11.4 Å². The summed E-state index contributed by atoms with van der Waals surface area (Å²) in [5, 5.41) is 9.15. The highest BCUT2D eigenvalue weighted by Gasteiger charge is 2.52. The molecule has 1 aliphatic heterocycles. The molecule has 0 fully saturated rings. The maximum absolute atomic E-state index is 13.1. The van der Waals surface area contributed by atoms with Gasteiger partial charge in [-0.1, -0.05) is 42.0 Å². The Bertz CT molecular complexity index is 813. The summed E-state index contributed by atoms with van der Waals surface area (Å²) < 4.78 is 0. The van der Waals surface area contributed by atoms with E-state index in [1.165, 1.54) is 5.01 Å². The monoisotopic (exact) mass is 305 g/mol. The number of amides is 1. The van der Waals surface area contributed by atoms with Crippen molar-refractivity contribution in [1.29, 1.82) is 0 Å². The van der Waals surface area contributed by atoms with Crippen molar-refractivity contribution >= 4 is 17.3 Å². The second kappa shape index (κ2) is 5.43. The fraction of sp³-hybridized carbons (Fsp3) is 0.222. The van der Waals surface area contributed by atoms with Gasteiger partial charge in [-0.2, -0.15) is 10.1 Å². The number of carbonyl (C=O) groups is 1. The number of carbonyl (C=O) groups excluding carboxylic acids is 1. The highest BCUT2D eigenvalue weighted by Crippen LogP contribution is 2.38. The lowest BCUT2D eigenvalue weighted by Crippen LogP contribution is -2.42. The van der Waals surface area contributed by atoms with Crippen LogP contribution in [0, 0.1) is 13.8 Å². The highest BCUT2D eigenvalue weighted by atomic mass is 16.2. The quantitative estimate of drug-likeness (QED) is 0.803. The fourth-order valence-electron chi connectivity index (χ4n) is 3.02. The summed E-state index contributed by atoms with van der Waals surface area (Å²) in [6.07, 6.45) is 0. The van der Waals surface area contributed by atoms with E-state index in [9.17, 15) is 10.3 Å². The molecule has 0 aliphatic carbocycles. The van der Waals surface area contributed by atoms with E-state index in [-0.39, 0.29) is 5.91 Å². The van der Waals surface area contributed by atoms with Crippen LogP contribution < -0.4 is 10.5 Å². The molecule has 0 spiro atoms. The number of rotatable bonds is 3. The van der Waals surface area contributed by atoms with Crippen LogP contribution in [0.4, 0.5) is 5.69 Å². The summed E-state index contributed by atoms with van der Waals surface area (Å²) in [7, 11) is 0. The predicted molar refractivity (Wildman–Crippen MR) is 89.2 cm³/mol. The number of benzene rings is 2. The van der Waals surface area contributed by atoms with E-state index in [0.29, 0.717) is 17.0 Å². The number of nitrogens with zero attached hydrogens (tertiary/aromatic N) is 4. The molecule has 1 unspecified atom stereocenters. The normalized spacial score (nSPS) is 20.6. The van der Waals surface area contributed by atoms with Crippen LogP contribution in [0.25, 0.3) is 0 Å². The van der Waals surface area contributed by atoms with Crippen LogP contribution in [0.3, 0.4) is 0 Å². The Labute approximate surface area is 135 Å². The summed E-state index contributed by atoms with van der Waals surface area (Å²) in [5.41, 5.74) is 12.0. The van der Waals surface area contributed by atoms with Gasteiger partial charge >= 0.3 is 0 Å². The molecule has 1 heterocycles. The van der Waals surface area contributed by atoms with Crippen molar-refractivity contribution in [2.75, 3.05) is 5.01 Å². The average molecular weight is 305 g/mol. The van der Waals surface area contributed by atoms with E-state index in [1.54, 1.807) is 19.1 Å². The number of para-hydroxylation sites is 1. The maximum Gasteiger partial charge on any atom is 0.287 e. The van der Waals surface area contributed by atoms with Crippen LogP contribution >= 0.6 is 0 Å². The second-order valence-electron chi connectivity index (χ2n) is 5.77. The lowest BCUT2D eigenvalue weighted by molar-refractivity contribution is -0.121. The molecule has 1 amide bonds. The molecule has 2 aromatic rings. The molecule has 5 heteroatoms. The SMILES string of the molecule is CC1=NN(c2ccccc2)C(=O)C1(N=[N])c1ccc(C)cc1C. The van der Waals surface area contributed by atoms with Gasteiger partial charge in [0.1, 0.15) is 0 Å². The molecule has 0 bridgehead atoms. The largest absolute Gasteiger partial charge is 0.287 e. The Morgan fingerprint density at radius 3 is 2.39 bits per heavy atom. The standard InChI is InChI=1S/C18H17N4O/c1-12-9-10-16(13(2)11-12)18(21-19)14(3)20-22(17(18)23)15-7-5-4-6-8-15/h4-11H,1-3H3. The summed E-state index contributed by atoms with van der Waals surface area (Å²) in [6.45, 7) is 5.59. The van der Waals surface area contributed by atoms with E-state index in [2.05, 4.69) is 10.2 Å². The van der Waals surface area contributed by atoms with Crippen molar-refractivity contribution in [3.63, 3.8) is 0 Å². The van der Waals surface area contributed by atoms with Gasteiger partial charge < -0.3 is 0 Å². The first kappa shape index (κ1) is 15.1. The lowest BCUT2D eigenvalue weighted by atomic mass is 9.83. The third-order valence-corrected chi connectivity index (χ3v) is 4.20.